The molecule has 0 aromatic heterocycles. The normalized spacial score (nSPS) is 20.3. The van der Waals surface area contributed by atoms with E-state index in [0.29, 0.717) is 13.2 Å². The van der Waals surface area contributed by atoms with Gasteiger partial charge in [0.2, 0.25) is 0 Å². The van der Waals surface area contributed by atoms with Crippen molar-refractivity contribution in [2.75, 3.05) is 33.4 Å². The van der Waals surface area contributed by atoms with Crippen LogP contribution in [0.5, 0.6) is 5.75 Å². The van der Waals surface area contributed by atoms with Crippen LogP contribution >= 0.6 is 0 Å². The van der Waals surface area contributed by atoms with Gasteiger partial charge in [0, 0.05) is 18.7 Å². The molecular formula is C15H21NO3. The predicted octanol–water partition coefficient (Wildman–Crippen LogP) is 1.91. The van der Waals surface area contributed by atoms with Gasteiger partial charge in [0.05, 0.1) is 26.4 Å². The van der Waals surface area contributed by atoms with Crippen LogP contribution < -0.4 is 4.74 Å². The summed E-state index contributed by atoms with van der Waals surface area (Å²) in [5.41, 5.74) is 1.74. The number of Topliss-reactive ketones (excluding diaryl/α,β-unsaturated/α-hetero) is 1. The van der Waals surface area contributed by atoms with Gasteiger partial charge < -0.3 is 9.47 Å². The van der Waals surface area contributed by atoms with E-state index in [4.69, 9.17) is 9.47 Å². The van der Waals surface area contributed by atoms with Crippen molar-refractivity contribution in [3.8, 4) is 5.75 Å². The largest absolute Gasteiger partial charge is 0.496 e. The molecule has 1 unspecified atom stereocenters. The minimum absolute atomic E-state index is 0.153. The number of methoxy groups -OCH3 is 1. The lowest BCUT2D eigenvalue weighted by Crippen LogP contribution is -2.43. The number of morpholine rings is 1. The quantitative estimate of drug-likeness (QED) is 0.778. The first-order valence-corrected chi connectivity index (χ1v) is 6.62. The Morgan fingerprint density at radius 1 is 1.53 bits per heavy atom. The SMILES string of the molecule is COc1ccc(C(=O)CN2CCOC(C)C2)cc1C. The van der Waals surface area contributed by atoms with Crippen LogP contribution in [0.3, 0.4) is 0 Å². The Bertz CT molecular complexity index is 459. The molecule has 1 heterocycles. The van der Waals surface area contributed by atoms with E-state index in [2.05, 4.69) is 4.90 Å². The molecular weight excluding hydrogens is 242 g/mol. The first kappa shape index (κ1) is 14.0. The summed E-state index contributed by atoms with van der Waals surface area (Å²) in [5, 5.41) is 0. The van der Waals surface area contributed by atoms with Gasteiger partial charge in [-0.1, -0.05) is 0 Å². The molecule has 1 fully saturated rings. The highest BCUT2D eigenvalue weighted by atomic mass is 16.5. The Morgan fingerprint density at radius 2 is 2.32 bits per heavy atom. The van der Waals surface area contributed by atoms with Crippen molar-refractivity contribution in [1.29, 1.82) is 0 Å². The zero-order chi connectivity index (χ0) is 13.8. The van der Waals surface area contributed by atoms with Crippen molar-refractivity contribution in [2.45, 2.75) is 20.0 Å². The Morgan fingerprint density at radius 3 is 2.95 bits per heavy atom. The van der Waals surface area contributed by atoms with Gasteiger partial charge in [0.15, 0.2) is 5.78 Å². The van der Waals surface area contributed by atoms with Crippen molar-refractivity contribution in [2.24, 2.45) is 0 Å². The molecule has 0 radical (unpaired) electrons. The zero-order valence-electron chi connectivity index (χ0n) is 11.8. The van der Waals surface area contributed by atoms with Gasteiger partial charge in [0.25, 0.3) is 0 Å². The summed E-state index contributed by atoms with van der Waals surface area (Å²) in [6, 6.07) is 5.58. The summed E-state index contributed by atoms with van der Waals surface area (Å²) in [6.07, 6.45) is 0.208. The number of carbonyl (C=O) groups excluding carboxylic acids is 1. The van der Waals surface area contributed by atoms with Crippen LogP contribution in [-0.2, 0) is 4.74 Å². The van der Waals surface area contributed by atoms with Crippen molar-refractivity contribution in [3.63, 3.8) is 0 Å². The number of benzene rings is 1. The molecule has 19 heavy (non-hydrogen) atoms. The van der Waals surface area contributed by atoms with Crippen LogP contribution in [0.2, 0.25) is 0 Å². The summed E-state index contributed by atoms with van der Waals surface area (Å²) >= 11 is 0. The molecule has 1 saturated heterocycles. The van der Waals surface area contributed by atoms with Crippen LogP contribution in [-0.4, -0.2) is 50.1 Å². The summed E-state index contributed by atoms with van der Waals surface area (Å²) in [6.45, 7) is 6.79. The molecule has 0 N–H and O–H groups in total. The second-order valence-corrected chi connectivity index (χ2v) is 5.02. The summed E-state index contributed by atoms with van der Waals surface area (Å²) in [4.78, 5) is 14.4. The molecule has 1 aromatic carbocycles. The first-order valence-electron chi connectivity index (χ1n) is 6.62. The number of aryl methyl sites for hydroxylation is 1. The molecule has 1 aliphatic rings. The van der Waals surface area contributed by atoms with E-state index in [1.165, 1.54) is 0 Å². The van der Waals surface area contributed by atoms with E-state index >= 15 is 0 Å². The Hall–Kier alpha value is -1.39. The number of rotatable bonds is 4. The third kappa shape index (κ3) is 3.55. The van der Waals surface area contributed by atoms with Crippen molar-refractivity contribution < 1.29 is 14.3 Å². The van der Waals surface area contributed by atoms with Gasteiger partial charge in [-0.15, -0.1) is 0 Å². The Labute approximate surface area is 114 Å². The van der Waals surface area contributed by atoms with E-state index in [-0.39, 0.29) is 11.9 Å². The fraction of sp³-hybridized carbons (Fsp3) is 0.533. The standard InChI is InChI=1S/C15H21NO3/c1-11-8-13(4-5-15(11)18-3)14(17)10-16-6-7-19-12(2)9-16/h4-5,8,12H,6-7,9-10H2,1-3H3. The minimum Gasteiger partial charge on any atom is -0.496 e. The molecule has 0 amide bonds. The summed E-state index contributed by atoms with van der Waals surface area (Å²) in [7, 11) is 1.64. The van der Waals surface area contributed by atoms with Gasteiger partial charge in [0.1, 0.15) is 5.75 Å². The fourth-order valence-corrected chi connectivity index (χ4v) is 2.38. The number of carbonyl (C=O) groups is 1. The average Bonchev–Trinajstić information content (AvgIpc) is 2.38. The minimum atomic E-state index is 0.153. The number of ether oxygens (including phenoxy) is 2. The number of hydrogen-bond acceptors (Lipinski definition) is 4. The van der Waals surface area contributed by atoms with E-state index in [0.717, 1.165) is 30.0 Å². The highest BCUT2D eigenvalue weighted by Gasteiger charge is 2.19. The molecule has 0 bridgehead atoms. The van der Waals surface area contributed by atoms with Crippen LogP contribution in [0.25, 0.3) is 0 Å². The topological polar surface area (TPSA) is 38.8 Å². The van der Waals surface area contributed by atoms with Crippen LogP contribution in [0.1, 0.15) is 22.8 Å². The zero-order valence-corrected chi connectivity index (χ0v) is 11.8. The van der Waals surface area contributed by atoms with Gasteiger partial charge in [-0.05, 0) is 37.6 Å². The lowest BCUT2D eigenvalue weighted by molar-refractivity contribution is -0.0158. The fourth-order valence-electron chi connectivity index (χ4n) is 2.38. The molecule has 0 spiro atoms. The second kappa shape index (κ2) is 6.17. The van der Waals surface area contributed by atoms with E-state index in [9.17, 15) is 4.79 Å². The van der Waals surface area contributed by atoms with E-state index in [1.807, 2.05) is 32.0 Å². The lowest BCUT2D eigenvalue weighted by Gasteiger charge is -2.30. The lowest BCUT2D eigenvalue weighted by atomic mass is 10.1. The number of nitrogens with zero attached hydrogens (tertiary/aromatic N) is 1. The molecule has 0 aliphatic carbocycles. The van der Waals surface area contributed by atoms with Crippen LogP contribution in [0, 0.1) is 6.92 Å². The molecule has 4 nitrogen and oxygen atoms in total. The van der Waals surface area contributed by atoms with Crippen LogP contribution in [0.15, 0.2) is 18.2 Å². The van der Waals surface area contributed by atoms with Crippen LogP contribution in [0.4, 0.5) is 0 Å². The smallest absolute Gasteiger partial charge is 0.176 e. The second-order valence-electron chi connectivity index (χ2n) is 5.02. The molecule has 104 valence electrons. The van der Waals surface area contributed by atoms with Crippen molar-refractivity contribution in [3.05, 3.63) is 29.3 Å². The Balaban J connectivity index is 2.01. The third-order valence-electron chi connectivity index (χ3n) is 3.41. The number of ketones is 1. The maximum Gasteiger partial charge on any atom is 0.176 e. The first-order chi connectivity index (χ1) is 9.10. The summed E-state index contributed by atoms with van der Waals surface area (Å²) < 4.78 is 10.7. The molecule has 1 aromatic rings. The van der Waals surface area contributed by atoms with Gasteiger partial charge >= 0.3 is 0 Å². The highest BCUT2D eigenvalue weighted by Crippen LogP contribution is 2.19. The van der Waals surface area contributed by atoms with Crippen molar-refractivity contribution >= 4 is 5.78 Å². The molecule has 1 aliphatic heterocycles. The van der Waals surface area contributed by atoms with E-state index < -0.39 is 0 Å². The van der Waals surface area contributed by atoms with Gasteiger partial charge in [-0.2, -0.15) is 0 Å². The predicted molar refractivity (Wildman–Crippen MR) is 73.9 cm³/mol. The maximum absolute atomic E-state index is 12.2. The van der Waals surface area contributed by atoms with Gasteiger partial charge in [-0.25, -0.2) is 0 Å². The molecule has 4 heteroatoms. The molecule has 2 rings (SSSR count). The number of hydrogen-bond donors (Lipinski definition) is 0. The molecule has 1 atom stereocenters. The average molecular weight is 263 g/mol. The van der Waals surface area contributed by atoms with Gasteiger partial charge in [-0.3, -0.25) is 9.69 Å². The summed E-state index contributed by atoms with van der Waals surface area (Å²) in [5.74, 6) is 0.969. The Kier molecular flexibility index (Phi) is 4.56. The molecule has 0 saturated carbocycles. The van der Waals surface area contributed by atoms with E-state index in [1.54, 1.807) is 7.11 Å². The maximum atomic E-state index is 12.2. The van der Waals surface area contributed by atoms with Crippen molar-refractivity contribution in [1.82, 2.24) is 4.90 Å². The third-order valence-corrected chi connectivity index (χ3v) is 3.41. The highest BCUT2D eigenvalue weighted by molar-refractivity contribution is 5.98. The monoisotopic (exact) mass is 263 g/mol.